The average Bonchev–Trinajstić information content (AvgIpc) is 2.51. The first-order valence-corrected chi connectivity index (χ1v) is 7.84. The maximum Gasteiger partial charge on any atom is 0.226 e. The van der Waals surface area contributed by atoms with Crippen LogP contribution in [0, 0.1) is 5.82 Å². The highest BCUT2D eigenvalue weighted by Crippen LogP contribution is 2.19. The molecule has 2 aromatic rings. The molecule has 1 N–H and O–H groups in total. The van der Waals surface area contributed by atoms with E-state index in [0.717, 1.165) is 4.47 Å². The first kappa shape index (κ1) is 17.1. The number of nitrogens with one attached hydrogen (secondary N) is 1. The fourth-order valence-corrected chi connectivity index (χ4v) is 2.35. The van der Waals surface area contributed by atoms with Crippen LogP contribution in [0.3, 0.4) is 0 Å². The van der Waals surface area contributed by atoms with Crippen LogP contribution in [0.15, 0.2) is 53.0 Å². The predicted octanol–water partition coefficient (Wildman–Crippen LogP) is 3.97. The van der Waals surface area contributed by atoms with Gasteiger partial charge in [-0.05, 0) is 36.4 Å². The minimum absolute atomic E-state index is 0.0734. The minimum atomic E-state index is -0.490. The van der Waals surface area contributed by atoms with Gasteiger partial charge in [0.25, 0.3) is 0 Å². The van der Waals surface area contributed by atoms with E-state index < -0.39 is 5.82 Å². The molecule has 0 radical (unpaired) electrons. The van der Waals surface area contributed by atoms with Crippen molar-refractivity contribution < 1.29 is 14.0 Å². The van der Waals surface area contributed by atoms with E-state index in [2.05, 4.69) is 21.2 Å². The highest BCUT2D eigenvalue weighted by atomic mass is 79.9. The van der Waals surface area contributed by atoms with Crippen LogP contribution < -0.4 is 10.2 Å². The van der Waals surface area contributed by atoms with Gasteiger partial charge < -0.3 is 10.2 Å². The number of amides is 2. The number of nitrogens with zero attached hydrogens (tertiary/aromatic N) is 1. The molecule has 120 valence electrons. The second kappa shape index (κ2) is 7.87. The molecule has 6 heteroatoms. The molecule has 0 aliphatic heterocycles. The highest BCUT2D eigenvalue weighted by Gasteiger charge is 2.16. The Hall–Kier alpha value is -2.21. The molecule has 2 aromatic carbocycles. The molecule has 0 bridgehead atoms. The molecule has 2 amide bonds. The molecule has 23 heavy (non-hydrogen) atoms. The molecule has 4 nitrogen and oxygen atoms in total. The van der Waals surface area contributed by atoms with Crippen LogP contribution in [0.5, 0.6) is 0 Å². The smallest absolute Gasteiger partial charge is 0.226 e. The van der Waals surface area contributed by atoms with Crippen molar-refractivity contribution in [2.45, 2.75) is 13.3 Å². The summed E-state index contributed by atoms with van der Waals surface area (Å²) in [7, 11) is 0. The van der Waals surface area contributed by atoms with E-state index in [4.69, 9.17) is 0 Å². The SMILES string of the molecule is CC(=O)N(CCC(=O)Nc1ccc(Br)cc1)c1ccccc1F. The maximum absolute atomic E-state index is 13.8. The molecular weight excluding hydrogens is 363 g/mol. The zero-order valence-corrected chi connectivity index (χ0v) is 14.1. The summed E-state index contributed by atoms with van der Waals surface area (Å²) in [6.45, 7) is 1.46. The van der Waals surface area contributed by atoms with E-state index in [1.54, 1.807) is 24.3 Å². The van der Waals surface area contributed by atoms with Gasteiger partial charge in [-0.2, -0.15) is 0 Å². The van der Waals surface area contributed by atoms with E-state index in [0.29, 0.717) is 5.69 Å². The molecule has 0 unspecified atom stereocenters. The van der Waals surface area contributed by atoms with E-state index in [1.165, 1.54) is 24.0 Å². The van der Waals surface area contributed by atoms with E-state index in [1.807, 2.05) is 12.1 Å². The number of carbonyl (C=O) groups is 2. The summed E-state index contributed by atoms with van der Waals surface area (Å²) in [6.07, 6.45) is 0.0734. The van der Waals surface area contributed by atoms with Crippen molar-refractivity contribution in [2.24, 2.45) is 0 Å². The number of halogens is 2. The number of hydrogen-bond acceptors (Lipinski definition) is 2. The summed E-state index contributed by atoms with van der Waals surface area (Å²) in [6, 6.07) is 13.2. The zero-order chi connectivity index (χ0) is 16.8. The van der Waals surface area contributed by atoms with Crippen LogP contribution in [-0.2, 0) is 9.59 Å². The van der Waals surface area contributed by atoms with Crippen LogP contribution in [0.25, 0.3) is 0 Å². The average molecular weight is 379 g/mol. The molecule has 2 rings (SSSR count). The van der Waals surface area contributed by atoms with Crippen molar-refractivity contribution in [3.63, 3.8) is 0 Å². The Labute approximate surface area is 142 Å². The largest absolute Gasteiger partial charge is 0.326 e. The first-order chi connectivity index (χ1) is 11.0. The fourth-order valence-electron chi connectivity index (χ4n) is 2.09. The van der Waals surface area contributed by atoms with Gasteiger partial charge in [0, 0.05) is 30.0 Å². The number of carbonyl (C=O) groups excluding carboxylic acids is 2. The Morgan fingerprint density at radius 2 is 1.78 bits per heavy atom. The molecule has 0 atom stereocenters. The van der Waals surface area contributed by atoms with E-state index in [-0.39, 0.29) is 30.5 Å². The Balaban J connectivity index is 1.99. The van der Waals surface area contributed by atoms with Gasteiger partial charge in [0.2, 0.25) is 11.8 Å². The molecule has 0 aliphatic rings. The van der Waals surface area contributed by atoms with Gasteiger partial charge in [-0.3, -0.25) is 9.59 Å². The van der Waals surface area contributed by atoms with Crippen molar-refractivity contribution in [3.05, 3.63) is 58.8 Å². The van der Waals surface area contributed by atoms with Gasteiger partial charge in [-0.1, -0.05) is 28.1 Å². The summed E-state index contributed by atoms with van der Waals surface area (Å²) >= 11 is 3.32. The van der Waals surface area contributed by atoms with Gasteiger partial charge in [0.1, 0.15) is 5.82 Å². The highest BCUT2D eigenvalue weighted by molar-refractivity contribution is 9.10. The van der Waals surface area contributed by atoms with Crippen LogP contribution in [0.2, 0.25) is 0 Å². The van der Waals surface area contributed by atoms with Gasteiger partial charge in [0.05, 0.1) is 5.69 Å². The van der Waals surface area contributed by atoms with Gasteiger partial charge in [0.15, 0.2) is 0 Å². The topological polar surface area (TPSA) is 49.4 Å². The molecular formula is C17H16BrFN2O2. The number of benzene rings is 2. The third-order valence-corrected chi connectivity index (χ3v) is 3.74. The van der Waals surface area contributed by atoms with Crippen LogP contribution in [-0.4, -0.2) is 18.4 Å². The number of hydrogen-bond donors (Lipinski definition) is 1. The minimum Gasteiger partial charge on any atom is -0.326 e. The molecule has 0 aliphatic carbocycles. The molecule has 0 aromatic heterocycles. The molecule has 0 saturated carbocycles. The van der Waals surface area contributed by atoms with Crippen LogP contribution in [0.4, 0.5) is 15.8 Å². The normalized spacial score (nSPS) is 10.2. The predicted molar refractivity (Wildman–Crippen MR) is 91.8 cm³/mol. The summed E-state index contributed by atoms with van der Waals surface area (Å²) in [5, 5.41) is 2.74. The second-order valence-corrected chi connectivity index (χ2v) is 5.84. The monoisotopic (exact) mass is 378 g/mol. The molecule has 0 fully saturated rings. The van der Waals surface area contributed by atoms with Crippen LogP contribution >= 0.6 is 15.9 Å². The van der Waals surface area contributed by atoms with Crippen LogP contribution in [0.1, 0.15) is 13.3 Å². The fraction of sp³-hybridized carbons (Fsp3) is 0.176. The third kappa shape index (κ3) is 4.89. The maximum atomic E-state index is 13.8. The lowest BCUT2D eigenvalue weighted by molar-refractivity contribution is -0.117. The summed E-state index contributed by atoms with van der Waals surface area (Å²) < 4.78 is 14.7. The standard InChI is InChI=1S/C17H16BrFN2O2/c1-12(22)21(16-5-3-2-4-15(16)19)11-10-17(23)20-14-8-6-13(18)7-9-14/h2-9H,10-11H2,1H3,(H,20,23). The molecule has 0 heterocycles. The van der Waals surface area contributed by atoms with Gasteiger partial charge in [-0.25, -0.2) is 4.39 Å². The number of anilines is 2. The number of para-hydroxylation sites is 1. The lowest BCUT2D eigenvalue weighted by Crippen LogP contribution is -2.32. The Morgan fingerprint density at radius 3 is 2.39 bits per heavy atom. The third-order valence-electron chi connectivity index (χ3n) is 3.21. The van der Waals surface area contributed by atoms with Crippen molar-refractivity contribution in [1.82, 2.24) is 0 Å². The first-order valence-electron chi connectivity index (χ1n) is 7.05. The van der Waals surface area contributed by atoms with E-state index in [9.17, 15) is 14.0 Å². The van der Waals surface area contributed by atoms with Gasteiger partial charge in [-0.15, -0.1) is 0 Å². The van der Waals surface area contributed by atoms with Crippen molar-refractivity contribution in [2.75, 3.05) is 16.8 Å². The van der Waals surface area contributed by atoms with E-state index >= 15 is 0 Å². The summed E-state index contributed by atoms with van der Waals surface area (Å²) in [5.74, 6) is -1.04. The lowest BCUT2D eigenvalue weighted by Gasteiger charge is -2.21. The van der Waals surface area contributed by atoms with Crippen molar-refractivity contribution in [1.29, 1.82) is 0 Å². The molecule has 0 spiro atoms. The van der Waals surface area contributed by atoms with Crippen molar-refractivity contribution >= 4 is 39.1 Å². The second-order valence-electron chi connectivity index (χ2n) is 4.93. The lowest BCUT2D eigenvalue weighted by atomic mass is 10.2. The summed E-state index contributed by atoms with van der Waals surface area (Å²) in [5.41, 5.74) is 0.843. The Kier molecular flexibility index (Phi) is 5.87. The molecule has 0 saturated heterocycles. The Morgan fingerprint density at radius 1 is 1.13 bits per heavy atom. The summed E-state index contributed by atoms with van der Waals surface area (Å²) in [4.78, 5) is 25.0. The van der Waals surface area contributed by atoms with Crippen molar-refractivity contribution in [3.8, 4) is 0 Å². The Bertz CT molecular complexity index is 704. The quantitative estimate of drug-likeness (QED) is 0.855. The van der Waals surface area contributed by atoms with Gasteiger partial charge >= 0.3 is 0 Å². The zero-order valence-electron chi connectivity index (χ0n) is 12.6. The number of rotatable bonds is 5.